The molecule has 0 aliphatic heterocycles. The molecule has 1 heterocycles. The molecule has 0 aliphatic rings. The van der Waals surface area contributed by atoms with Crippen LogP contribution in [0.25, 0.3) is 0 Å². The highest BCUT2D eigenvalue weighted by atomic mass is 16.2. The Bertz CT molecular complexity index is 495. The summed E-state index contributed by atoms with van der Waals surface area (Å²) in [5, 5.41) is 4.89. The molecule has 0 aliphatic carbocycles. The van der Waals surface area contributed by atoms with Gasteiger partial charge in [-0.15, -0.1) is 0 Å². The average molecular weight is 267 g/mol. The molecule has 0 bridgehead atoms. The van der Waals surface area contributed by atoms with Gasteiger partial charge in [-0.3, -0.25) is 14.4 Å². The van der Waals surface area contributed by atoms with Crippen LogP contribution in [0.4, 0.5) is 5.82 Å². The zero-order chi connectivity index (χ0) is 14.4. The highest BCUT2D eigenvalue weighted by molar-refractivity contribution is 6.01. The standard InChI is InChI=1S/C11H17N5O3/c1-3-4-16-6-14-9(10(12)19)11(16)15-8(18)5-13-7(2)17/h6H,3-5H2,1-2H3,(H2,12,19)(H,13,17)(H,15,18). The maximum atomic E-state index is 11.6. The maximum absolute atomic E-state index is 11.6. The molecule has 19 heavy (non-hydrogen) atoms. The predicted molar refractivity (Wildman–Crippen MR) is 68.3 cm³/mol. The third-order valence-electron chi connectivity index (χ3n) is 2.29. The predicted octanol–water partition coefficient (Wildman–Crippen LogP) is -0.533. The minimum Gasteiger partial charge on any atom is -0.364 e. The van der Waals surface area contributed by atoms with E-state index in [4.69, 9.17) is 5.73 Å². The largest absolute Gasteiger partial charge is 0.364 e. The fourth-order valence-corrected chi connectivity index (χ4v) is 1.49. The number of rotatable bonds is 6. The number of imidazole rings is 1. The Hall–Kier alpha value is -2.38. The van der Waals surface area contributed by atoms with Gasteiger partial charge in [0.15, 0.2) is 5.69 Å². The molecule has 0 unspecified atom stereocenters. The van der Waals surface area contributed by atoms with Crippen LogP contribution < -0.4 is 16.4 Å². The van der Waals surface area contributed by atoms with Crippen LogP contribution in [0.5, 0.6) is 0 Å². The highest BCUT2D eigenvalue weighted by Crippen LogP contribution is 2.14. The molecule has 0 saturated heterocycles. The lowest BCUT2D eigenvalue weighted by Crippen LogP contribution is -2.32. The molecule has 0 aromatic carbocycles. The Labute approximate surface area is 110 Å². The SMILES string of the molecule is CCCn1cnc(C(N)=O)c1NC(=O)CNC(C)=O. The summed E-state index contributed by atoms with van der Waals surface area (Å²) in [5.74, 6) is -1.22. The van der Waals surface area contributed by atoms with E-state index in [0.717, 1.165) is 6.42 Å². The second kappa shape index (κ2) is 6.53. The van der Waals surface area contributed by atoms with E-state index in [1.807, 2.05) is 6.92 Å². The zero-order valence-electron chi connectivity index (χ0n) is 10.9. The fraction of sp³-hybridized carbons (Fsp3) is 0.455. The molecule has 104 valence electrons. The van der Waals surface area contributed by atoms with Crippen molar-refractivity contribution in [2.45, 2.75) is 26.8 Å². The average Bonchev–Trinajstić information content (AvgIpc) is 2.70. The van der Waals surface area contributed by atoms with E-state index in [2.05, 4.69) is 15.6 Å². The summed E-state index contributed by atoms with van der Waals surface area (Å²) in [7, 11) is 0. The molecule has 0 spiro atoms. The van der Waals surface area contributed by atoms with Crippen LogP contribution in [0.1, 0.15) is 30.8 Å². The summed E-state index contributed by atoms with van der Waals surface area (Å²) >= 11 is 0. The van der Waals surface area contributed by atoms with Crippen molar-refractivity contribution >= 4 is 23.5 Å². The van der Waals surface area contributed by atoms with Crippen LogP contribution in [0.3, 0.4) is 0 Å². The molecule has 8 nitrogen and oxygen atoms in total. The molecule has 0 fully saturated rings. The van der Waals surface area contributed by atoms with Crippen molar-refractivity contribution in [1.29, 1.82) is 0 Å². The molecule has 3 amide bonds. The first-order valence-electron chi connectivity index (χ1n) is 5.85. The van der Waals surface area contributed by atoms with Crippen LogP contribution in [0.2, 0.25) is 0 Å². The lowest BCUT2D eigenvalue weighted by Gasteiger charge is -2.10. The van der Waals surface area contributed by atoms with Gasteiger partial charge in [0.05, 0.1) is 12.9 Å². The smallest absolute Gasteiger partial charge is 0.271 e. The minimum atomic E-state index is -0.718. The molecule has 4 N–H and O–H groups in total. The quantitative estimate of drug-likeness (QED) is 0.641. The van der Waals surface area contributed by atoms with Crippen molar-refractivity contribution in [2.75, 3.05) is 11.9 Å². The van der Waals surface area contributed by atoms with Crippen LogP contribution in [-0.2, 0) is 16.1 Å². The lowest BCUT2D eigenvalue weighted by molar-refractivity contribution is -0.122. The van der Waals surface area contributed by atoms with Crippen molar-refractivity contribution in [2.24, 2.45) is 5.73 Å². The molecular formula is C11H17N5O3. The molecular weight excluding hydrogens is 250 g/mol. The van der Waals surface area contributed by atoms with Crippen molar-refractivity contribution in [3.8, 4) is 0 Å². The summed E-state index contributed by atoms with van der Waals surface area (Å²) in [6.07, 6.45) is 2.25. The molecule has 1 aromatic rings. The van der Waals surface area contributed by atoms with Crippen molar-refractivity contribution in [3.63, 3.8) is 0 Å². The number of aromatic nitrogens is 2. The van der Waals surface area contributed by atoms with Crippen LogP contribution in [0.15, 0.2) is 6.33 Å². The van der Waals surface area contributed by atoms with Gasteiger partial charge < -0.3 is 20.9 Å². The van der Waals surface area contributed by atoms with Crippen LogP contribution in [-0.4, -0.2) is 33.8 Å². The van der Waals surface area contributed by atoms with Gasteiger partial charge in [0.25, 0.3) is 5.91 Å². The van der Waals surface area contributed by atoms with Crippen LogP contribution >= 0.6 is 0 Å². The number of hydrogen-bond acceptors (Lipinski definition) is 4. The molecule has 0 atom stereocenters. The number of anilines is 1. The number of aryl methyl sites for hydroxylation is 1. The van der Waals surface area contributed by atoms with Crippen molar-refractivity contribution in [1.82, 2.24) is 14.9 Å². The third kappa shape index (κ3) is 4.09. The van der Waals surface area contributed by atoms with Gasteiger partial charge in [-0.25, -0.2) is 4.98 Å². The lowest BCUT2D eigenvalue weighted by atomic mass is 10.4. The normalized spacial score (nSPS) is 10.0. The van der Waals surface area contributed by atoms with Gasteiger partial charge in [0.2, 0.25) is 11.8 Å². The fourth-order valence-electron chi connectivity index (χ4n) is 1.49. The second-order valence-electron chi connectivity index (χ2n) is 3.96. The Morgan fingerprint density at radius 3 is 2.63 bits per heavy atom. The van der Waals surface area contributed by atoms with E-state index in [-0.39, 0.29) is 24.0 Å². The number of nitrogens with one attached hydrogen (secondary N) is 2. The first kappa shape index (κ1) is 14.7. The van der Waals surface area contributed by atoms with Gasteiger partial charge in [0.1, 0.15) is 5.82 Å². The summed E-state index contributed by atoms with van der Waals surface area (Å²) in [6.45, 7) is 3.68. The summed E-state index contributed by atoms with van der Waals surface area (Å²) in [4.78, 5) is 37.4. The Morgan fingerprint density at radius 2 is 2.11 bits per heavy atom. The topological polar surface area (TPSA) is 119 Å². The third-order valence-corrected chi connectivity index (χ3v) is 2.29. The first-order valence-corrected chi connectivity index (χ1v) is 5.85. The van der Waals surface area contributed by atoms with Crippen molar-refractivity contribution in [3.05, 3.63) is 12.0 Å². The number of amides is 3. The highest BCUT2D eigenvalue weighted by Gasteiger charge is 2.17. The van der Waals surface area contributed by atoms with E-state index in [1.54, 1.807) is 4.57 Å². The number of nitrogens with zero attached hydrogens (tertiary/aromatic N) is 2. The van der Waals surface area contributed by atoms with Gasteiger partial charge in [-0.05, 0) is 6.42 Å². The number of primary amides is 1. The first-order chi connectivity index (χ1) is 8.95. The summed E-state index contributed by atoms with van der Waals surface area (Å²) in [5.41, 5.74) is 5.19. The van der Waals surface area contributed by atoms with Gasteiger partial charge >= 0.3 is 0 Å². The van der Waals surface area contributed by atoms with E-state index < -0.39 is 11.8 Å². The summed E-state index contributed by atoms with van der Waals surface area (Å²) < 4.78 is 1.63. The summed E-state index contributed by atoms with van der Waals surface area (Å²) in [6, 6.07) is 0. The maximum Gasteiger partial charge on any atom is 0.271 e. The van der Waals surface area contributed by atoms with E-state index >= 15 is 0 Å². The van der Waals surface area contributed by atoms with E-state index in [9.17, 15) is 14.4 Å². The molecule has 1 aromatic heterocycles. The number of carbonyl (C=O) groups excluding carboxylic acids is 3. The molecule has 1 rings (SSSR count). The Kier molecular flexibility index (Phi) is 5.04. The molecule has 8 heteroatoms. The van der Waals surface area contributed by atoms with Crippen LogP contribution in [0, 0.1) is 0 Å². The van der Waals surface area contributed by atoms with Crippen molar-refractivity contribution < 1.29 is 14.4 Å². The number of carbonyl (C=O) groups is 3. The Morgan fingerprint density at radius 1 is 1.42 bits per heavy atom. The number of hydrogen-bond donors (Lipinski definition) is 3. The van der Waals surface area contributed by atoms with Gasteiger partial charge in [0, 0.05) is 13.5 Å². The number of nitrogens with two attached hydrogens (primary N) is 1. The monoisotopic (exact) mass is 267 g/mol. The molecule has 0 radical (unpaired) electrons. The van der Waals surface area contributed by atoms with E-state index in [1.165, 1.54) is 13.3 Å². The van der Waals surface area contributed by atoms with Gasteiger partial charge in [-0.2, -0.15) is 0 Å². The van der Waals surface area contributed by atoms with E-state index in [0.29, 0.717) is 6.54 Å². The molecule has 0 saturated carbocycles. The van der Waals surface area contributed by atoms with Gasteiger partial charge in [-0.1, -0.05) is 6.92 Å². The Balaban J connectivity index is 2.84. The zero-order valence-corrected chi connectivity index (χ0v) is 10.9. The minimum absolute atomic E-state index is 0.00428. The second-order valence-corrected chi connectivity index (χ2v) is 3.96.